The minimum Gasteiger partial charge on any atom is -0.493 e. The van der Waals surface area contributed by atoms with E-state index in [4.69, 9.17) is 19.2 Å². The summed E-state index contributed by atoms with van der Waals surface area (Å²) < 4.78 is 17.1. The maximum absolute atomic E-state index is 13.9. The van der Waals surface area contributed by atoms with E-state index in [0.29, 0.717) is 42.2 Å². The molecule has 0 spiro atoms. The molecule has 1 fully saturated rings. The predicted octanol–water partition coefficient (Wildman–Crippen LogP) is 6.41. The van der Waals surface area contributed by atoms with E-state index in [1.165, 1.54) is 0 Å². The van der Waals surface area contributed by atoms with E-state index in [2.05, 4.69) is 12.1 Å². The summed E-state index contributed by atoms with van der Waals surface area (Å²) in [6, 6.07) is 25.3. The summed E-state index contributed by atoms with van der Waals surface area (Å²) in [4.78, 5) is 32.4. The van der Waals surface area contributed by atoms with Crippen molar-refractivity contribution in [3.8, 4) is 11.5 Å². The fourth-order valence-electron chi connectivity index (χ4n) is 5.72. The van der Waals surface area contributed by atoms with Gasteiger partial charge in [0.05, 0.1) is 25.2 Å². The molecule has 0 amide bonds. The molecule has 0 saturated heterocycles. The second kappa shape index (κ2) is 11.7. The lowest BCUT2D eigenvalue weighted by Gasteiger charge is -2.38. The molecule has 6 nitrogen and oxygen atoms in total. The van der Waals surface area contributed by atoms with Crippen LogP contribution in [0.1, 0.15) is 55.2 Å². The van der Waals surface area contributed by atoms with Crippen LogP contribution in [-0.2, 0) is 20.9 Å². The zero-order chi connectivity index (χ0) is 27.4. The van der Waals surface area contributed by atoms with E-state index in [1.54, 1.807) is 7.11 Å². The second-order valence-corrected chi connectivity index (χ2v) is 9.94. The number of methoxy groups -OCH3 is 1. The topological polar surface area (TPSA) is 74.2 Å². The van der Waals surface area contributed by atoms with Crippen molar-refractivity contribution in [2.45, 2.75) is 45.1 Å². The first-order valence-corrected chi connectivity index (χ1v) is 13.4. The van der Waals surface area contributed by atoms with Gasteiger partial charge < -0.3 is 14.2 Å². The van der Waals surface area contributed by atoms with Crippen molar-refractivity contribution < 1.29 is 23.8 Å². The fraction of sp³-hybridized carbons (Fsp3) is 0.303. The summed E-state index contributed by atoms with van der Waals surface area (Å²) in [6.07, 6.45) is 1.05. The maximum atomic E-state index is 13.9. The van der Waals surface area contributed by atoms with Crippen molar-refractivity contribution >= 4 is 17.5 Å². The number of Topliss-reactive ketones (excluding diaryl/α,β-unsaturated/α-hetero) is 1. The Bertz CT molecular complexity index is 1410. The molecule has 0 bridgehead atoms. The molecule has 1 aliphatic heterocycles. The van der Waals surface area contributed by atoms with Gasteiger partial charge in [0.15, 0.2) is 11.5 Å². The average Bonchev–Trinajstić information content (AvgIpc) is 2.96. The van der Waals surface area contributed by atoms with Crippen LogP contribution in [0, 0.1) is 5.92 Å². The Kier molecular flexibility index (Phi) is 7.92. The Morgan fingerprint density at radius 2 is 1.62 bits per heavy atom. The number of aliphatic imine (C=N–C) groups is 1. The van der Waals surface area contributed by atoms with Crippen molar-refractivity contribution in [1.29, 1.82) is 0 Å². The standard InChI is InChI=1S/C33H33NO5/c1-4-38-28-16-15-24(19-29(28)37-3)31-30(33(36)39-20-22-11-7-5-8-12-22)21(2)34-26-17-25(18-27(35)32(26)31)23-13-9-6-10-14-23/h5-16,19,25,31-32H,4,17-18,20H2,1-3H3/t25-,31+,32?/m0/s1. The third-order valence-electron chi connectivity index (χ3n) is 7.50. The average molecular weight is 524 g/mol. The van der Waals surface area contributed by atoms with E-state index in [9.17, 15) is 9.59 Å². The summed E-state index contributed by atoms with van der Waals surface area (Å²) in [5.74, 6) is -0.240. The molecule has 0 N–H and O–H groups in total. The molecule has 6 heteroatoms. The van der Waals surface area contributed by atoms with Crippen LogP contribution in [-0.4, -0.2) is 31.2 Å². The Morgan fingerprint density at radius 3 is 2.31 bits per heavy atom. The highest BCUT2D eigenvalue weighted by Gasteiger charge is 2.46. The van der Waals surface area contributed by atoms with Crippen LogP contribution in [0.2, 0.25) is 0 Å². The highest BCUT2D eigenvalue weighted by atomic mass is 16.5. The van der Waals surface area contributed by atoms with Crippen molar-refractivity contribution in [2.24, 2.45) is 10.9 Å². The predicted molar refractivity (Wildman–Crippen MR) is 150 cm³/mol. The third kappa shape index (κ3) is 5.51. The lowest BCUT2D eigenvalue weighted by Crippen LogP contribution is -2.41. The Hall–Kier alpha value is -4.19. The van der Waals surface area contributed by atoms with Crippen molar-refractivity contribution in [1.82, 2.24) is 0 Å². The van der Waals surface area contributed by atoms with Crippen LogP contribution in [0.5, 0.6) is 11.5 Å². The number of fused-ring (bicyclic) bond motifs is 1. The molecule has 1 saturated carbocycles. The van der Waals surface area contributed by atoms with Crippen molar-refractivity contribution in [3.05, 3.63) is 107 Å². The van der Waals surface area contributed by atoms with Crippen molar-refractivity contribution in [2.75, 3.05) is 13.7 Å². The molecule has 1 unspecified atom stereocenters. The number of hydrogen-bond donors (Lipinski definition) is 0. The fourth-order valence-corrected chi connectivity index (χ4v) is 5.72. The minimum absolute atomic E-state index is 0.0589. The van der Waals surface area contributed by atoms with Crippen LogP contribution in [0.4, 0.5) is 0 Å². The number of hydrogen-bond acceptors (Lipinski definition) is 6. The summed E-state index contributed by atoms with van der Waals surface area (Å²) in [5, 5.41) is 0. The Morgan fingerprint density at radius 1 is 0.897 bits per heavy atom. The van der Waals surface area contributed by atoms with Gasteiger partial charge in [-0.05, 0) is 55.0 Å². The van der Waals surface area contributed by atoms with Gasteiger partial charge in [-0.3, -0.25) is 9.79 Å². The monoisotopic (exact) mass is 523 g/mol. The number of ketones is 1. The summed E-state index contributed by atoms with van der Waals surface area (Å²) >= 11 is 0. The molecule has 0 radical (unpaired) electrons. The van der Waals surface area contributed by atoms with Crippen LogP contribution in [0.15, 0.2) is 95.1 Å². The molecule has 1 aliphatic carbocycles. The van der Waals surface area contributed by atoms with E-state index >= 15 is 0 Å². The van der Waals surface area contributed by atoms with Gasteiger partial charge in [0.2, 0.25) is 0 Å². The smallest absolute Gasteiger partial charge is 0.336 e. The molecule has 200 valence electrons. The number of ether oxygens (including phenoxy) is 3. The number of carbonyl (C=O) groups excluding carboxylic acids is 2. The Labute approximate surface area is 229 Å². The summed E-state index contributed by atoms with van der Waals surface area (Å²) in [7, 11) is 1.59. The van der Waals surface area contributed by atoms with Crippen LogP contribution >= 0.6 is 0 Å². The van der Waals surface area contributed by atoms with Crippen LogP contribution in [0.25, 0.3) is 0 Å². The number of rotatable bonds is 8. The molecular weight excluding hydrogens is 490 g/mol. The first-order valence-electron chi connectivity index (χ1n) is 13.4. The molecule has 0 aromatic heterocycles. The summed E-state index contributed by atoms with van der Waals surface area (Å²) in [5.41, 5.74) is 4.63. The van der Waals surface area contributed by atoms with E-state index in [1.807, 2.05) is 80.6 Å². The van der Waals surface area contributed by atoms with E-state index in [0.717, 1.165) is 22.4 Å². The SMILES string of the molecule is CCOc1ccc([C@@H]2C(C(=O)OCc3ccccc3)=C(C)N=C3C[C@H](c4ccccc4)CC(=O)C32)cc1OC. The van der Waals surface area contributed by atoms with E-state index in [-0.39, 0.29) is 18.3 Å². The van der Waals surface area contributed by atoms with Crippen molar-refractivity contribution in [3.63, 3.8) is 0 Å². The van der Waals surface area contributed by atoms with Gasteiger partial charge in [-0.2, -0.15) is 0 Å². The zero-order valence-corrected chi connectivity index (χ0v) is 22.6. The Balaban J connectivity index is 1.55. The minimum atomic E-state index is -0.546. The molecule has 3 aromatic rings. The van der Waals surface area contributed by atoms with Gasteiger partial charge in [0, 0.05) is 23.7 Å². The second-order valence-electron chi connectivity index (χ2n) is 9.94. The van der Waals surface area contributed by atoms with Gasteiger partial charge in [-0.15, -0.1) is 0 Å². The maximum Gasteiger partial charge on any atom is 0.336 e. The van der Waals surface area contributed by atoms with Gasteiger partial charge in [-0.25, -0.2) is 4.79 Å². The van der Waals surface area contributed by atoms with Gasteiger partial charge in [-0.1, -0.05) is 66.7 Å². The number of allylic oxidation sites excluding steroid dienone is 1. The van der Waals surface area contributed by atoms with Crippen LogP contribution in [0.3, 0.4) is 0 Å². The molecule has 3 aromatic carbocycles. The first kappa shape index (κ1) is 26.4. The quantitative estimate of drug-likeness (QED) is 0.319. The number of carbonyl (C=O) groups is 2. The lowest BCUT2D eigenvalue weighted by atomic mass is 9.66. The molecular formula is C33H33NO5. The molecule has 39 heavy (non-hydrogen) atoms. The zero-order valence-electron chi connectivity index (χ0n) is 22.6. The van der Waals surface area contributed by atoms with E-state index < -0.39 is 17.8 Å². The highest BCUT2D eigenvalue weighted by Crippen LogP contribution is 2.47. The van der Waals surface area contributed by atoms with Gasteiger partial charge in [0.1, 0.15) is 12.4 Å². The summed E-state index contributed by atoms with van der Waals surface area (Å²) in [6.45, 7) is 4.38. The lowest BCUT2D eigenvalue weighted by molar-refractivity contribution is -0.140. The van der Waals surface area contributed by atoms with Gasteiger partial charge in [0.25, 0.3) is 0 Å². The normalized spacial score (nSPS) is 20.6. The molecule has 5 rings (SSSR count). The molecule has 3 atom stereocenters. The van der Waals surface area contributed by atoms with Crippen LogP contribution < -0.4 is 9.47 Å². The number of nitrogens with zero attached hydrogens (tertiary/aromatic N) is 1. The highest BCUT2D eigenvalue weighted by molar-refractivity contribution is 6.12. The number of benzene rings is 3. The number of esters is 1. The first-order chi connectivity index (χ1) is 19.0. The van der Waals surface area contributed by atoms with Gasteiger partial charge >= 0.3 is 5.97 Å². The third-order valence-corrected chi connectivity index (χ3v) is 7.50. The molecule has 1 heterocycles. The molecule has 2 aliphatic rings. The largest absolute Gasteiger partial charge is 0.493 e.